The molecule has 2 aromatic heterocycles. The highest BCUT2D eigenvalue weighted by Crippen LogP contribution is 2.36. The molecule has 28 heavy (non-hydrogen) atoms. The number of imidazole rings is 1. The summed E-state index contributed by atoms with van der Waals surface area (Å²) in [7, 11) is 0. The number of hydrogen-bond donors (Lipinski definition) is 2. The molecule has 0 aliphatic heterocycles. The summed E-state index contributed by atoms with van der Waals surface area (Å²) in [5.41, 5.74) is 3.37. The fraction of sp³-hybridized carbons (Fsp3) is 0.409. The SMILES string of the molecule is CC(=O)O.Cc1ccc(-c2nccn2[C@@H]2CCC[C@@H](CO)C2)c2cccnc12. The van der Waals surface area contributed by atoms with Crippen LogP contribution in [-0.4, -0.2) is 37.3 Å². The van der Waals surface area contributed by atoms with E-state index in [0.29, 0.717) is 12.0 Å². The number of aliphatic hydroxyl groups is 1. The van der Waals surface area contributed by atoms with Gasteiger partial charge in [0.15, 0.2) is 0 Å². The number of benzene rings is 1. The highest BCUT2D eigenvalue weighted by molar-refractivity contribution is 5.94. The molecule has 6 nitrogen and oxygen atoms in total. The van der Waals surface area contributed by atoms with Gasteiger partial charge >= 0.3 is 0 Å². The molecule has 0 unspecified atom stereocenters. The average molecular weight is 381 g/mol. The lowest BCUT2D eigenvalue weighted by atomic mass is 9.86. The summed E-state index contributed by atoms with van der Waals surface area (Å²) in [6.45, 7) is 3.47. The van der Waals surface area contributed by atoms with Gasteiger partial charge in [-0.2, -0.15) is 0 Å². The molecule has 2 N–H and O–H groups in total. The number of hydrogen-bond acceptors (Lipinski definition) is 4. The molecule has 6 heteroatoms. The summed E-state index contributed by atoms with van der Waals surface area (Å²) in [5, 5.41) is 18.1. The van der Waals surface area contributed by atoms with E-state index in [1.807, 2.05) is 18.5 Å². The van der Waals surface area contributed by atoms with Gasteiger partial charge < -0.3 is 14.8 Å². The molecule has 0 spiro atoms. The Kier molecular flexibility index (Phi) is 6.41. The number of carboxylic acid groups (broad SMARTS) is 1. The molecule has 3 aromatic rings. The molecule has 2 atom stereocenters. The lowest BCUT2D eigenvalue weighted by Crippen LogP contribution is -2.21. The Morgan fingerprint density at radius 3 is 2.75 bits per heavy atom. The van der Waals surface area contributed by atoms with Crippen LogP contribution < -0.4 is 0 Å². The second-order valence-corrected chi connectivity index (χ2v) is 7.38. The van der Waals surface area contributed by atoms with Gasteiger partial charge in [0.25, 0.3) is 5.97 Å². The standard InChI is InChI=1S/C20H23N3O.C2H4O2/c1-14-7-8-18(17-6-3-9-21-19(14)17)20-22-10-11-23(20)16-5-2-4-15(12-16)13-24;1-2(3)4/h3,6-11,15-16,24H,2,4-5,12-13H2,1H3;1H3,(H,3,4)/t15-,16-;/m1./s1. The molecular formula is C22H27N3O3. The number of rotatable bonds is 3. The maximum Gasteiger partial charge on any atom is 0.300 e. The third kappa shape index (κ3) is 4.39. The third-order valence-electron chi connectivity index (χ3n) is 5.29. The summed E-state index contributed by atoms with van der Waals surface area (Å²) in [5.74, 6) is 0.590. The molecule has 0 amide bonds. The van der Waals surface area contributed by atoms with Crippen LogP contribution in [0.1, 0.15) is 44.2 Å². The topological polar surface area (TPSA) is 88.2 Å². The van der Waals surface area contributed by atoms with Gasteiger partial charge in [-0.25, -0.2) is 4.98 Å². The molecule has 1 saturated carbocycles. The van der Waals surface area contributed by atoms with Crippen molar-refractivity contribution >= 4 is 16.9 Å². The van der Waals surface area contributed by atoms with Crippen molar-refractivity contribution in [3.05, 3.63) is 48.4 Å². The first-order valence-corrected chi connectivity index (χ1v) is 9.69. The van der Waals surface area contributed by atoms with Crippen LogP contribution in [0.25, 0.3) is 22.3 Å². The van der Waals surface area contributed by atoms with Crippen LogP contribution in [-0.2, 0) is 4.79 Å². The molecule has 148 valence electrons. The zero-order chi connectivity index (χ0) is 20.1. The van der Waals surface area contributed by atoms with Crippen molar-refractivity contribution in [1.82, 2.24) is 14.5 Å². The van der Waals surface area contributed by atoms with Crippen LogP contribution in [0.3, 0.4) is 0 Å². The average Bonchev–Trinajstić information content (AvgIpc) is 3.18. The van der Waals surface area contributed by atoms with Crippen molar-refractivity contribution in [2.24, 2.45) is 5.92 Å². The van der Waals surface area contributed by atoms with E-state index in [0.717, 1.165) is 48.5 Å². The number of nitrogens with zero attached hydrogens (tertiary/aromatic N) is 3. The quantitative estimate of drug-likeness (QED) is 0.709. The van der Waals surface area contributed by atoms with Gasteiger partial charge in [0.05, 0.1) is 5.52 Å². The minimum Gasteiger partial charge on any atom is -0.481 e. The van der Waals surface area contributed by atoms with Crippen molar-refractivity contribution in [2.75, 3.05) is 6.61 Å². The molecule has 4 rings (SSSR count). The lowest BCUT2D eigenvalue weighted by molar-refractivity contribution is -0.134. The minimum atomic E-state index is -0.833. The molecular weight excluding hydrogens is 354 g/mol. The Morgan fingerprint density at radius 2 is 2.00 bits per heavy atom. The second kappa shape index (κ2) is 8.97. The number of aliphatic carboxylic acids is 1. The number of carbonyl (C=O) groups is 1. The van der Waals surface area contributed by atoms with E-state index in [1.54, 1.807) is 0 Å². The zero-order valence-electron chi connectivity index (χ0n) is 16.4. The summed E-state index contributed by atoms with van der Waals surface area (Å²) in [4.78, 5) is 18.2. The van der Waals surface area contributed by atoms with Crippen LogP contribution in [0.2, 0.25) is 0 Å². The Bertz CT molecular complexity index is 947. The van der Waals surface area contributed by atoms with Crippen LogP contribution in [0.4, 0.5) is 0 Å². The molecule has 1 aliphatic rings. The number of carboxylic acids is 1. The summed E-state index contributed by atoms with van der Waals surface area (Å²) >= 11 is 0. The first kappa shape index (κ1) is 20.0. The van der Waals surface area contributed by atoms with Crippen LogP contribution in [0.15, 0.2) is 42.9 Å². The lowest BCUT2D eigenvalue weighted by Gasteiger charge is -2.30. The van der Waals surface area contributed by atoms with Gasteiger partial charge in [-0.3, -0.25) is 9.78 Å². The highest BCUT2D eigenvalue weighted by atomic mass is 16.4. The number of pyridine rings is 1. The first-order valence-electron chi connectivity index (χ1n) is 9.69. The molecule has 0 bridgehead atoms. The van der Waals surface area contributed by atoms with E-state index in [4.69, 9.17) is 9.90 Å². The van der Waals surface area contributed by atoms with Crippen molar-refractivity contribution in [3.63, 3.8) is 0 Å². The van der Waals surface area contributed by atoms with E-state index in [9.17, 15) is 5.11 Å². The minimum absolute atomic E-state index is 0.290. The van der Waals surface area contributed by atoms with Crippen LogP contribution in [0, 0.1) is 12.8 Å². The molecule has 0 saturated heterocycles. The fourth-order valence-corrected chi connectivity index (χ4v) is 4.01. The maximum atomic E-state index is 9.53. The Labute approximate surface area is 164 Å². The van der Waals surface area contributed by atoms with E-state index in [-0.39, 0.29) is 6.61 Å². The monoisotopic (exact) mass is 381 g/mol. The Hall–Kier alpha value is -2.73. The Morgan fingerprint density at radius 1 is 1.21 bits per heavy atom. The van der Waals surface area contributed by atoms with E-state index in [1.165, 1.54) is 12.0 Å². The van der Waals surface area contributed by atoms with Gasteiger partial charge in [-0.05, 0) is 43.7 Å². The predicted molar refractivity (Wildman–Crippen MR) is 109 cm³/mol. The maximum absolute atomic E-state index is 9.53. The molecule has 1 aromatic carbocycles. The van der Waals surface area contributed by atoms with Gasteiger partial charge in [0.2, 0.25) is 0 Å². The smallest absolute Gasteiger partial charge is 0.300 e. The second-order valence-electron chi connectivity index (χ2n) is 7.38. The predicted octanol–water partition coefficient (Wildman–Crippen LogP) is 4.22. The summed E-state index contributed by atoms with van der Waals surface area (Å²) < 4.78 is 2.30. The van der Waals surface area contributed by atoms with Gasteiger partial charge in [-0.1, -0.05) is 24.6 Å². The van der Waals surface area contributed by atoms with Crippen LogP contribution >= 0.6 is 0 Å². The molecule has 2 heterocycles. The van der Waals surface area contributed by atoms with Crippen molar-refractivity contribution in [3.8, 4) is 11.4 Å². The fourth-order valence-electron chi connectivity index (χ4n) is 4.01. The van der Waals surface area contributed by atoms with Gasteiger partial charge in [0.1, 0.15) is 5.82 Å². The highest BCUT2D eigenvalue weighted by Gasteiger charge is 2.25. The largest absolute Gasteiger partial charge is 0.481 e. The Balaban J connectivity index is 0.000000516. The number of aromatic nitrogens is 3. The first-order chi connectivity index (χ1) is 13.5. The van der Waals surface area contributed by atoms with Gasteiger partial charge in [-0.15, -0.1) is 0 Å². The number of aliphatic hydroxyl groups excluding tert-OH is 1. The molecule has 0 radical (unpaired) electrons. The van der Waals surface area contributed by atoms with E-state index < -0.39 is 5.97 Å². The van der Waals surface area contributed by atoms with Crippen LogP contribution in [0.5, 0.6) is 0 Å². The van der Waals surface area contributed by atoms with Crippen molar-refractivity contribution < 1.29 is 15.0 Å². The third-order valence-corrected chi connectivity index (χ3v) is 5.29. The van der Waals surface area contributed by atoms with E-state index in [2.05, 4.69) is 45.9 Å². The summed E-state index contributed by atoms with van der Waals surface area (Å²) in [6, 6.07) is 8.81. The molecule has 1 aliphatic carbocycles. The van der Waals surface area contributed by atoms with Crippen molar-refractivity contribution in [2.45, 2.75) is 45.6 Å². The normalized spacial score (nSPS) is 19.1. The molecule has 1 fully saturated rings. The van der Waals surface area contributed by atoms with Crippen molar-refractivity contribution in [1.29, 1.82) is 0 Å². The number of aryl methyl sites for hydroxylation is 1. The van der Waals surface area contributed by atoms with E-state index >= 15 is 0 Å². The van der Waals surface area contributed by atoms with Gasteiger partial charge in [0, 0.05) is 49.1 Å². The number of fused-ring (bicyclic) bond motifs is 1. The summed E-state index contributed by atoms with van der Waals surface area (Å²) in [6.07, 6.45) is 10.3. The zero-order valence-corrected chi connectivity index (χ0v) is 16.4.